The molecule has 1 unspecified atom stereocenters. The third kappa shape index (κ3) is 5.80. The smallest absolute Gasteiger partial charge is 0.523 e. The van der Waals surface area contributed by atoms with Gasteiger partial charge in [0.2, 0.25) is 0 Å². The van der Waals surface area contributed by atoms with Crippen molar-refractivity contribution in [1.29, 1.82) is 0 Å². The van der Waals surface area contributed by atoms with Crippen LogP contribution < -0.4 is 20.4 Å². The van der Waals surface area contributed by atoms with E-state index in [0.29, 0.717) is 20.6 Å². The Morgan fingerprint density at radius 2 is 1.10 bits per heavy atom. The predicted octanol–water partition coefficient (Wildman–Crippen LogP) is 9.08. The number of fused-ring (bicyclic) bond motifs is 10. The number of rotatable bonds is 8. The predicted molar refractivity (Wildman–Crippen MR) is 201 cm³/mol. The molecule has 0 amide bonds. The van der Waals surface area contributed by atoms with E-state index in [4.69, 9.17) is 9.39 Å². The van der Waals surface area contributed by atoms with E-state index < -0.39 is 150 Å². The van der Waals surface area contributed by atoms with Gasteiger partial charge in [-0.3, -0.25) is 13.8 Å². The first-order valence-electron chi connectivity index (χ1n) is 18.2. The Morgan fingerprint density at radius 1 is 0.597 bits per heavy atom. The number of aromatic nitrogens is 2. The lowest BCUT2D eigenvalue weighted by atomic mass is 9.98. The van der Waals surface area contributed by atoms with E-state index in [1.807, 2.05) is 10.8 Å². The summed E-state index contributed by atoms with van der Waals surface area (Å²) >= 11 is 0. The molecule has 1 atom stereocenters. The van der Waals surface area contributed by atoms with Crippen LogP contribution in [0.1, 0.15) is 43.2 Å². The van der Waals surface area contributed by atoms with Crippen LogP contribution in [0.4, 0.5) is 64.3 Å². The van der Waals surface area contributed by atoms with Gasteiger partial charge in [0.25, 0.3) is 0 Å². The van der Waals surface area contributed by atoms with Gasteiger partial charge >= 0.3 is 13.2 Å². The van der Waals surface area contributed by atoms with Crippen molar-refractivity contribution in [3.8, 4) is 11.5 Å². The molecule has 10 rings (SSSR count). The molecule has 62 heavy (non-hydrogen) atoms. The lowest BCUT2D eigenvalue weighted by Gasteiger charge is -2.23. The van der Waals surface area contributed by atoms with E-state index in [1.165, 1.54) is 24.3 Å². The minimum absolute atomic E-state index is 0.00163. The van der Waals surface area contributed by atoms with Crippen molar-refractivity contribution >= 4 is 79.6 Å². The summed E-state index contributed by atoms with van der Waals surface area (Å²) < 4.78 is 198. The molecule has 9 nitrogen and oxygen atoms in total. The number of benzene rings is 4. The molecular formula is C38H17BF12N6O3S2. The van der Waals surface area contributed by atoms with Gasteiger partial charge in [-0.1, -0.05) is 28.0 Å². The van der Waals surface area contributed by atoms with Crippen LogP contribution >= 0.6 is 21.6 Å². The lowest BCUT2D eigenvalue weighted by Crippen LogP contribution is -2.52. The van der Waals surface area contributed by atoms with E-state index in [-0.39, 0.29) is 17.9 Å². The van der Waals surface area contributed by atoms with Crippen molar-refractivity contribution in [3.05, 3.63) is 116 Å². The third-order valence-electron chi connectivity index (χ3n) is 10.5. The number of carbonyl (C=O) groups excluding carboxylic acids is 1. The van der Waals surface area contributed by atoms with Crippen molar-refractivity contribution in [1.82, 2.24) is 8.96 Å². The largest absolute Gasteiger partial charge is 0.633 e. The van der Waals surface area contributed by atoms with Crippen LogP contribution in [0.2, 0.25) is 0 Å². The summed E-state index contributed by atoms with van der Waals surface area (Å²) in [6, 6.07) is 4.81. The van der Waals surface area contributed by atoms with Crippen LogP contribution in [0.25, 0.3) is 21.5 Å². The van der Waals surface area contributed by atoms with Crippen LogP contribution in [0.3, 0.4) is 0 Å². The fraction of sp³-hybridized carbons (Fsp3) is 0.184. The highest BCUT2D eigenvalue weighted by Gasteiger charge is 2.45. The quantitative estimate of drug-likeness (QED) is 0.0222. The van der Waals surface area contributed by atoms with E-state index >= 15 is 43.9 Å². The first-order chi connectivity index (χ1) is 29.7. The number of amidine groups is 2. The van der Waals surface area contributed by atoms with Gasteiger partial charge in [-0.05, 0) is 43.5 Å². The molecule has 0 radical (unpaired) electrons. The van der Waals surface area contributed by atoms with Gasteiger partial charge in [0.15, 0.2) is 81.5 Å². The second-order valence-electron chi connectivity index (χ2n) is 14.1. The Balaban J connectivity index is 1.21. The Bertz CT molecular complexity index is 3230. The van der Waals surface area contributed by atoms with Crippen LogP contribution in [0, 0.1) is 69.8 Å². The van der Waals surface area contributed by atoms with Crippen LogP contribution in [-0.2, 0) is 4.79 Å². The van der Waals surface area contributed by atoms with E-state index in [0.717, 1.165) is 25.0 Å². The Labute approximate surface area is 345 Å². The van der Waals surface area contributed by atoms with Gasteiger partial charge in [0.1, 0.15) is 34.1 Å². The Hall–Kier alpha value is -5.91. The van der Waals surface area contributed by atoms with Gasteiger partial charge in [0, 0.05) is 17.4 Å². The molecule has 0 spiro atoms. The maximum atomic E-state index is 16.0. The Kier molecular flexibility index (Phi) is 9.46. The zero-order valence-electron chi connectivity index (χ0n) is 30.5. The minimum atomic E-state index is -2.42. The molecule has 6 heterocycles. The van der Waals surface area contributed by atoms with Crippen molar-refractivity contribution in [2.24, 2.45) is 20.0 Å². The molecule has 4 aliphatic heterocycles. The molecule has 4 bridgehead atoms. The third-order valence-corrected chi connectivity index (χ3v) is 13.5. The maximum Gasteiger partial charge on any atom is 0.633 e. The topological polar surface area (TPSA) is 94.8 Å². The van der Waals surface area contributed by atoms with Crippen molar-refractivity contribution in [2.45, 2.75) is 37.4 Å². The molecule has 316 valence electrons. The zero-order valence-corrected chi connectivity index (χ0v) is 32.1. The number of hydrogen-bond acceptors (Lipinski definition) is 9. The molecule has 4 aromatic carbocycles. The number of aliphatic imine (C=N–C) groups is 2. The van der Waals surface area contributed by atoms with E-state index in [9.17, 15) is 13.6 Å². The molecule has 1 fully saturated rings. The summed E-state index contributed by atoms with van der Waals surface area (Å²) in [7, 11) is 1.35. The second-order valence-corrected chi connectivity index (χ2v) is 16.9. The average molecular weight is 909 g/mol. The highest BCUT2D eigenvalue weighted by atomic mass is 33.1. The highest BCUT2D eigenvalue weighted by molar-refractivity contribution is 8.77. The SMILES string of the molecule is O=C(CCCCC1CCSS1)Oc1ccc(OB2n3c4c5c(F)c(F)c(F)c(F)c5c3N=c3c5c(F)c(F)c(F)c(F)c5c(n32)=NC2=NC(=N4)c3c(F)c(F)c(F)c(F)c32)cc1. The summed E-state index contributed by atoms with van der Waals surface area (Å²) in [4.78, 5) is 28.4. The lowest BCUT2D eigenvalue weighted by molar-refractivity contribution is -0.134. The van der Waals surface area contributed by atoms with E-state index in [2.05, 4.69) is 20.0 Å². The molecule has 0 N–H and O–H groups in total. The summed E-state index contributed by atoms with van der Waals surface area (Å²) in [5, 5.41) is -4.63. The standard InChI is InChI=1S/C38H17BF12N6O3S2/c40-21-15-16(22(41)28(47)27(21)46)34-52-33(15)53-35-17-19(25(44)31(50)29(48)23(17)42)37-55-38-20-18(24(43)30(49)32(51)26(20)45)36(54-34)57(38)39(56(35)37)60-12-7-5-11(6-8-12)59-14(58)4-2-1-3-13-9-10-61-62-13/h5-8,13H,1-4,9-10H2. The molecular weight excluding hydrogens is 891 g/mol. The van der Waals surface area contributed by atoms with Gasteiger partial charge in [-0.25, -0.2) is 72.7 Å². The number of carbonyl (C=O) groups is 1. The summed E-state index contributed by atoms with van der Waals surface area (Å²) in [6.07, 6.45) is 3.45. The van der Waals surface area contributed by atoms with E-state index in [1.54, 1.807) is 10.8 Å². The molecule has 4 aliphatic rings. The maximum absolute atomic E-state index is 16.0. The van der Waals surface area contributed by atoms with Crippen LogP contribution in [-0.4, -0.2) is 44.8 Å². The van der Waals surface area contributed by atoms with Gasteiger partial charge in [0.05, 0.1) is 32.7 Å². The van der Waals surface area contributed by atoms with Crippen molar-refractivity contribution in [2.75, 3.05) is 5.75 Å². The first kappa shape index (κ1) is 40.2. The van der Waals surface area contributed by atoms with Gasteiger partial charge < -0.3 is 9.39 Å². The summed E-state index contributed by atoms with van der Waals surface area (Å²) in [5.74, 6) is -31.8. The molecule has 0 saturated carbocycles. The molecule has 24 heteroatoms. The molecule has 1 saturated heterocycles. The first-order valence-corrected chi connectivity index (χ1v) is 20.6. The van der Waals surface area contributed by atoms with Crippen molar-refractivity contribution < 1.29 is 66.9 Å². The van der Waals surface area contributed by atoms with Gasteiger partial charge in [-0.15, -0.1) is 0 Å². The fourth-order valence-electron chi connectivity index (χ4n) is 7.69. The second kappa shape index (κ2) is 14.6. The monoisotopic (exact) mass is 908 g/mol. The van der Waals surface area contributed by atoms with Crippen LogP contribution in [0.5, 0.6) is 11.5 Å². The number of nitrogens with zero attached hydrogens (tertiary/aromatic N) is 6. The number of esters is 1. The fourth-order valence-corrected chi connectivity index (χ4v) is 10.7. The molecule has 6 aromatic rings. The normalized spacial score (nSPS) is 16.1. The average Bonchev–Trinajstić information content (AvgIpc) is 4.05. The number of unbranched alkanes of at least 4 members (excludes halogenated alkanes) is 1. The van der Waals surface area contributed by atoms with Crippen LogP contribution in [0.15, 0.2) is 44.2 Å². The number of halogens is 12. The molecule has 0 aliphatic carbocycles. The highest BCUT2D eigenvalue weighted by Crippen LogP contribution is 2.46. The Morgan fingerprint density at radius 3 is 1.66 bits per heavy atom. The number of ether oxygens (including phenoxy) is 1. The summed E-state index contributed by atoms with van der Waals surface area (Å²) in [5.41, 5.74) is -4.77. The summed E-state index contributed by atoms with van der Waals surface area (Å²) in [6.45, 7) is 0. The zero-order chi connectivity index (χ0) is 43.6. The van der Waals surface area contributed by atoms with Crippen molar-refractivity contribution in [3.63, 3.8) is 0 Å². The molecule has 2 aromatic heterocycles. The van der Waals surface area contributed by atoms with Gasteiger partial charge in [-0.2, -0.15) is 0 Å². The number of hydrogen-bond donors (Lipinski definition) is 0. The minimum Gasteiger partial charge on any atom is -0.523 e.